The number of ether oxygens (including phenoxy) is 3. The van der Waals surface area contributed by atoms with Crippen LogP contribution >= 0.6 is 11.8 Å². The highest BCUT2D eigenvalue weighted by molar-refractivity contribution is 8.00. The number of thioether (sulfide) groups is 1. The number of hydrogen-bond donors (Lipinski definition) is 1. The number of carbonyl (C=O) groups is 1. The van der Waals surface area contributed by atoms with Crippen LogP contribution in [-0.2, 0) is 22.6 Å². The maximum atomic E-state index is 12.9. The molecule has 0 saturated carbocycles. The van der Waals surface area contributed by atoms with E-state index in [-0.39, 0.29) is 18.0 Å². The molecule has 0 bridgehead atoms. The molecule has 1 amide bonds. The summed E-state index contributed by atoms with van der Waals surface area (Å²) in [6.45, 7) is 6.03. The van der Waals surface area contributed by atoms with Gasteiger partial charge in [-0.25, -0.2) is 0 Å². The summed E-state index contributed by atoms with van der Waals surface area (Å²) in [6, 6.07) is 15.9. The maximum Gasteiger partial charge on any atom is 0.233 e. The Balaban J connectivity index is 1.27. The van der Waals surface area contributed by atoms with Crippen molar-refractivity contribution in [1.82, 2.24) is 20.1 Å². The Morgan fingerprint density at radius 2 is 1.85 bits per heavy atom. The highest BCUT2D eigenvalue weighted by atomic mass is 32.2. The minimum Gasteiger partial charge on any atom is -0.454 e. The highest BCUT2D eigenvalue weighted by Crippen LogP contribution is 2.32. The van der Waals surface area contributed by atoms with Crippen molar-refractivity contribution in [3.63, 3.8) is 0 Å². The Bertz CT molecular complexity index is 1130. The van der Waals surface area contributed by atoms with Crippen LogP contribution in [0.1, 0.15) is 18.1 Å². The average Bonchev–Trinajstić information content (AvgIpc) is 3.50. The van der Waals surface area contributed by atoms with Gasteiger partial charge in [-0.1, -0.05) is 48.2 Å². The summed E-state index contributed by atoms with van der Waals surface area (Å²) in [4.78, 5) is 15.0. The summed E-state index contributed by atoms with van der Waals surface area (Å²) >= 11 is 1.41. The van der Waals surface area contributed by atoms with Gasteiger partial charge >= 0.3 is 0 Å². The van der Waals surface area contributed by atoms with E-state index >= 15 is 0 Å². The number of morpholine rings is 1. The smallest absolute Gasteiger partial charge is 0.233 e. The maximum absolute atomic E-state index is 12.9. The largest absolute Gasteiger partial charge is 0.454 e. The van der Waals surface area contributed by atoms with E-state index in [0.717, 1.165) is 41.1 Å². The number of amides is 1. The molecule has 3 heterocycles. The number of anilines is 1. The number of hydrogen-bond acceptors (Lipinski definition) is 8. The summed E-state index contributed by atoms with van der Waals surface area (Å²) in [5.41, 5.74) is 2.11. The first-order valence-electron chi connectivity index (χ1n) is 11.3. The molecule has 0 radical (unpaired) electrons. The van der Waals surface area contributed by atoms with Crippen molar-refractivity contribution < 1.29 is 19.0 Å². The van der Waals surface area contributed by atoms with E-state index in [1.165, 1.54) is 11.8 Å². The second-order valence-corrected chi connectivity index (χ2v) is 9.43. The van der Waals surface area contributed by atoms with E-state index in [9.17, 15) is 4.79 Å². The first kappa shape index (κ1) is 22.5. The minimum absolute atomic E-state index is 0.0650. The SMILES string of the molecule is C[C@@H](Sc1nnc(N2CCOCC2)n1Cc1ccccc1)C(=O)NCc1ccc2c(c1)OCO2. The number of rotatable bonds is 8. The number of benzene rings is 2. The molecule has 178 valence electrons. The monoisotopic (exact) mass is 481 g/mol. The molecular weight excluding hydrogens is 454 g/mol. The first-order valence-corrected chi connectivity index (χ1v) is 12.2. The van der Waals surface area contributed by atoms with Crippen molar-refractivity contribution >= 4 is 23.6 Å². The second kappa shape index (κ2) is 10.4. The third-order valence-electron chi connectivity index (χ3n) is 5.73. The summed E-state index contributed by atoms with van der Waals surface area (Å²) in [5, 5.41) is 12.3. The molecule has 2 aromatic carbocycles. The molecule has 1 atom stereocenters. The number of carbonyl (C=O) groups excluding carboxylic acids is 1. The Morgan fingerprint density at radius 3 is 2.68 bits per heavy atom. The van der Waals surface area contributed by atoms with E-state index in [0.29, 0.717) is 32.1 Å². The summed E-state index contributed by atoms with van der Waals surface area (Å²) in [6.07, 6.45) is 0. The van der Waals surface area contributed by atoms with E-state index in [4.69, 9.17) is 14.2 Å². The molecule has 10 heteroatoms. The summed E-state index contributed by atoms with van der Waals surface area (Å²) in [7, 11) is 0. The predicted octanol–water partition coefficient (Wildman–Crippen LogP) is 2.69. The Hall–Kier alpha value is -3.24. The van der Waals surface area contributed by atoms with Gasteiger partial charge in [0, 0.05) is 19.6 Å². The lowest BCUT2D eigenvalue weighted by molar-refractivity contribution is -0.120. The molecule has 3 aromatic rings. The van der Waals surface area contributed by atoms with Crippen LogP contribution in [0.25, 0.3) is 0 Å². The van der Waals surface area contributed by atoms with Gasteiger partial charge in [-0.05, 0) is 30.2 Å². The molecule has 1 N–H and O–H groups in total. The van der Waals surface area contributed by atoms with Crippen LogP contribution < -0.4 is 19.7 Å². The van der Waals surface area contributed by atoms with Crippen LogP contribution in [-0.4, -0.2) is 59.0 Å². The van der Waals surface area contributed by atoms with E-state index in [1.807, 2.05) is 43.3 Å². The molecule has 1 fully saturated rings. The van der Waals surface area contributed by atoms with Gasteiger partial charge in [0.15, 0.2) is 16.7 Å². The van der Waals surface area contributed by atoms with Gasteiger partial charge in [0.05, 0.1) is 25.0 Å². The Labute approximate surface area is 202 Å². The highest BCUT2D eigenvalue weighted by Gasteiger charge is 2.24. The van der Waals surface area contributed by atoms with Crippen molar-refractivity contribution in [2.45, 2.75) is 30.4 Å². The van der Waals surface area contributed by atoms with Crippen molar-refractivity contribution in [3.8, 4) is 11.5 Å². The fourth-order valence-electron chi connectivity index (χ4n) is 3.87. The van der Waals surface area contributed by atoms with Crippen LogP contribution in [0.5, 0.6) is 11.5 Å². The van der Waals surface area contributed by atoms with Crippen molar-refractivity contribution in [2.75, 3.05) is 38.0 Å². The lowest BCUT2D eigenvalue weighted by atomic mass is 10.2. The van der Waals surface area contributed by atoms with Gasteiger partial charge < -0.3 is 24.4 Å². The molecule has 5 rings (SSSR count). The zero-order valence-corrected chi connectivity index (χ0v) is 19.8. The van der Waals surface area contributed by atoms with Gasteiger partial charge in [-0.2, -0.15) is 0 Å². The standard InChI is InChI=1S/C24H27N5O4S/c1-17(22(30)25-14-19-7-8-20-21(13-19)33-16-32-20)34-24-27-26-23(28-9-11-31-12-10-28)29(24)15-18-5-3-2-4-6-18/h2-8,13,17H,9-12,14-16H2,1H3,(H,25,30)/t17-/m1/s1. The topological polar surface area (TPSA) is 90.7 Å². The third-order valence-corrected chi connectivity index (χ3v) is 6.81. The van der Waals surface area contributed by atoms with E-state index < -0.39 is 0 Å². The van der Waals surface area contributed by atoms with Crippen molar-refractivity contribution in [2.24, 2.45) is 0 Å². The number of nitrogens with one attached hydrogen (secondary N) is 1. The second-order valence-electron chi connectivity index (χ2n) is 8.12. The van der Waals surface area contributed by atoms with Gasteiger partial charge in [0.1, 0.15) is 0 Å². The quantitative estimate of drug-likeness (QED) is 0.491. The molecule has 9 nitrogen and oxygen atoms in total. The lowest BCUT2D eigenvalue weighted by Crippen LogP contribution is -2.38. The fourth-order valence-corrected chi connectivity index (χ4v) is 4.73. The molecule has 2 aliphatic rings. The zero-order valence-electron chi connectivity index (χ0n) is 19.0. The normalized spacial score (nSPS) is 15.9. The fraction of sp³-hybridized carbons (Fsp3) is 0.375. The molecular formula is C24H27N5O4S. The molecule has 1 aromatic heterocycles. The van der Waals surface area contributed by atoms with Crippen LogP contribution in [0.2, 0.25) is 0 Å². The molecule has 0 aliphatic carbocycles. The van der Waals surface area contributed by atoms with Crippen LogP contribution in [0.15, 0.2) is 53.7 Å². The summed E-state index contributed by atoms with van der Waals surface area (Å²) in [5.74, 6) is 2.18. The van der Waals surface area contributed by atoms with Gasteiger partial charge in [-0.3, -0.25) is 9.36 Å². The third kappa shape index (κ3) is 5.13. The zero-order chi connectivity index (χ0) is 23.3. The summed E-state index contributed by atoms with van der Waals surface area (Å²) < 4.78 is 18.4. The van der Waals surface area contributed by atoms with Gasteiger partial charge in [0.25, 0.3) is 0 Å². The predicted molar refractivity (Wildman–Crippen MR) is 128 cm³/mol. The number of nitrogens with zero attached hydrogens (tertiary/aromatic N) is 4. The van der Waals surface area contributed by atoms with Crippen LogP contribution in [0, 0.1) is 0 Å². The van der Waals surface area contributed by atoms with E-state index in [1.54, 1.807) is 0 Å². The van der Waals surface area contributed by atoms with Crippen molar-refractivity contribution in [1.29, 1.82) is 0 Å². The lowest BCUT2D eigenvalue weighted by Gasteiger charge is -2.28. The number of aromatic nitrogens is 3. The number of fused-ring (bicyclic) bond motifs is 1. The molecule has 1 saturated heterocycles. The minimum atomic E-state index is -0.342. The molecule has 34 heavy (non-hydrogen) atoms. The Kier molecular flexibility index (Phi) is 6.87. The first-order chi connectivity index (χ1) is 16.7. The van der Waals surface area contributed by atoms with Gasteiger partial charge in [-0.15, -0.1) is 10.2 Å². The molecule has 0 spiro atoms. The van der Waals surface area contributed by atoms with E-state index in [2.05, 4.69) is 37.1 Å². The van der Waals surface area contributed by atoms with Crippen LogP contribution in [0.3, 0.4) is 0 Å². The molecule has 2 aliphatic heterocycles. The molecule has 0 unspecified atom stereocenters. The van der Waals surface area contributed by atoms with Crippen LogP contribution in [0.4, 0.5) is 5.95 Å². The van der Waals surface area contributed by atoms with Gasteiger partial charge in [0.2, 0.25) is 18.6 Å². The average molecular weight is 482 g/mol. The van der Waals surface area contributed by atoms with Crippen molar-refractivity contribution in [3.05, 3.63) is 59.7 Å². The Morgan fingerprint density at radius 1 is 1.06 bits per heavy atom.